The molecule has 3 aromatic rings. The number of nitrogens with zero attached hydrogens (tertiary/aromatic N) is 2. The van der Waals surface area contributed by atoms with Gasteiger partial charge in [0, 0.05) is 12.1 Å². The molecule has 0 spiro atoms. The Kier molecular flexibility index (Phi) is 4.42. The van der Waals surface area contributed by atoms with E-state index in [2.05, 4.69) is 4.40 Å². The van der Waals surface area contributed by atoms with Crippen LogP contribution in [-0.4, -0.2) is 20.1 Å². The summed E-state index contributed by atoms with van der Waals surface area (Å²) in [5.74, 6) is 0.589. The minimum atomic E-state index is -3.81. The van der Waals surface area contributed by atoms with Gasteiger partial charge in [0.1, 0.15) is 5.75 Å². The number of aryl methyl sites for hydroxylation is 2. The van der Waals surface area contributed by atoms with Gasteiger partial charge in [-0.15, -0.1) is 4.40 Å². The molecule has 0 fully saturated rings. The Morgan fingerprint density at radius 1 is 1.17 bits per heavy atom. The average molecular weight is 383 g/mol. The van der Waals surface area contributed by atoms with Crippen molar-refractivity contribution < 1.29 is 13.2 Å². The van der Waals surface area contributed by atoms with Crippen LogP contribution in [0.1, 0.15) is 5.56 Å². The molecule has 2 aromatic carbocycles. The predicted octanol–water partition coefficient (Wildman–Crippen LogP) is 3.50. The van der Waals surface area contributed by atoms with E-state index in [1.807, 2.05) is 13.0 Å². The van der Waals surface area contributed by atoms with Crippen molar-refractivity contribution in [2.24, 2.45) is 11.4 Å². The number of ether oxygens (including phenoxy) is 1. The molecular formula is C16H15ClN2O3S2. The Morgan fingerprint density at radius 3 is 2.46 bits per heavy atom. The van der Waals surface area contributed by atoms with Gasteiger partial charge in [-0.2, -0.15) is 8.42 Å². The maximum atomic E-state index is 12.5. The monoisotopic (exact) mass is 382 g/mol. The van der Waals surface area contributed by atoms with Crippen molar-refractivity contribution in [1.29, 1.82) is 0 Å². The van der Waals surface area contributed by atoms with Crippen LogP contribution in [0, 0.1) is 6.92 Å². The Bertz CT molecular complexity index is 1080. The lowest BCUT2D eigenvalue weighted by Crippen LogP contribution is -2.14. The third-order valence-electron chi connectivity index (χ3n) is 3.71. The summed E-state index contributed by atoms with van der Waals surface area (Å²) in [5, 5.41) is 0.639. The number of rotatable bonds is 3. The van der Waals surface area contributed by atoms with Gasteiger partial charge in [-0.3, -0.25) is 0 Å². The van der Waals surface area contributed by atoms with Gasteiger partial charge < -0.3 is 9.30 Å². The molecule has 0 bridgehead atoms. The maximum Gasteiger partial charge on any atom is 0.285 e. The zero-order valence-electron chi connectivity index (χ0n) is 13.3. The second kappa shape index (κ2) is 6.23. The van der Waals surface area contributed by atoms with Crippen LogP contribution in [0.4, 0.5) is 0 Å². The third-order valence-corrected chi connectivity index (χ3v) is 6.61. The van der Waals surface area contributed by atoms with Gasteiger partial charge in [-0.05, 0) is 48.9 Å². The van der Waals surface area contributed by atoms with E-state index >= 15 is 0 Å². The fraction of sp³-hybridized carbons (Fsp3) is 0.188. The van der Waals surface area contributed by atoms with E-state index < -0.39 is 10.0 Å². The molecule has 0 saturated carbocycles. The van der Waals surface area contributed by atoms with Gasteiger partial charge in [0.05, 0.1) is 22.2 Å². The van der Waals surface area contributed by atoms with E-state index in [4.69, 9.17) is 16.3 Å². The maximum absolute atomic E-state index is 12.5. The molecular weight excluding hydrogens is 368 g/mol. The zero-order chi connectivity index (χ0) is 17.5. The van der Waals surface area contributed by atoms with E-state index in [1.165, 1.54) is 30.6 Å². The summed E-state index contributed by atoms with van der Waals surface area (Å²) in [7, 11) is -0.497. The lowest BCUT2D eigenvalue weighted by Gasteiger charge is -2.03. The first-order valence-corrected chi connectivity index (χ1v) is 9.66. The molecule has 1 heterocycles. The predicted molar refractivity (Wildman–Crippen MR) is 96.3 cm³/mol. The van der Waals surface area contributed by atoms with Crippen molar-refractivity contribution in [2.75, 3.05) is 7.11 Å². The average Bonchev–Trinajstić information content (AvgIpc) is 2.87. The standard InChI is InChI=1S/C16H15ClN2O3S2/c1-10-13(17)8-9-14-15(10)19(2)16(23-14)18-24(20,21)12-6-4-11(22-3)5-7-12/h4-9H,1-3H3. The Morgan fingerprint density at radius 2 is 1.83 bits per heavy atom. The number of methoxy groups -OCH3 is 1. The second-order valence-corrected chi connectivity index (χ2v) is 8.23. The fourth-order valence-electron chi connectivity index (χ4n) is 2.40. The smallest absolute Gasteiger partial charge is 0.285 e. The highest BCUT2D eigenvalue weighted by molar-refractivity contribution is 7.90. The summed E-state index contributed by atoms with van der Waals surface area (Å²) in [5.41, 5.74) is 1.78. The van der Waals surface area contributed by atoms with Crippen LogP contribution < -0.4 is 9.54 Å². The molecule has 5 nitrogen and oxygen atoms in total. The van der Waals surface area contributed by atoms with E-state index in [0.29, 0.717) is 15.6 Å². The number of fused-ring (bicyclic) bond motifs is 1. The Balaban J connectivity index is 2.18. The molecule has 0 N–H and O–H groups in total. The SMILES string of the molecule is COc1ccc(S(=O)(=O)N=c2sc3ccc(Cl)c(C)c3n2C)cc1. The van der Waals surface area contributed by atoms with Crippen LogP contribution >= 0.6 is 22.9 Å². The highest BCUT2D eigenvalue weighted by Crippen LogP contribution is 2.26. The highest BCUT2D eigenvalue weighted by atomic mass is 35.5. The molecule has 0 radical (unpaired) electrons. The van der Waals surface area contributed by atoms with Crippen molar-refractivity contribution in [3.05, 3.63) is 51.8 Å². The molecule has 0 atom stereocenters. The normalized spacial score (nSPS) is 12.8. The Labute approximate surface area is 148 Å². The zero-order valence-corrected chi connectivity index (χ0v) is 15.7. The molecule has 0 saturated heterocycles. The van der Waals surface area contributed by atoms with Gasteiger partial charge in [-0.1, -0.05) is 22.9 Å². The van der Waals surface area contributed by atoms with Crippen LogP contribution in [0.2, 0.25) is 5.02 Å². The first-order chi connectivity index (χ1) is 11.3. The van der Waals surface area contributed by atoms with Gasteiger partial charge in [-0.25, -0.2) is 0 Å². The van der Waals surface area contributed by atoms with Crippen molar-refractivity contribution in [2.45, 2.75) is 11.8 Å². The molecule has 0 aliphatic heterocycles. The molecule has 126 valence electrons. The van der Waals surface area contributed by atoms with Crippen molar-refractivity contribution >= 4 is 43.2 Å². The minimum absolute atomic E-state index is 0.121. The molecule has 8 heteroatoms. The topological polar surface area (TPSA) is 60.7 Å². The number of hydrogen-bond acceptors (Lipinski definition) is 4. The Hall–Kier alpha value is -1.83. The van der Waals surface area contributed by atoms with Crippen molar-refractivity contribution in [3.8, 4) is 5.75 Å². The summed E-state index contributed by atoms with van der Waals surface area (Å²) in [4.78, 5) is 0.515. The molecule has 24 heavy (non-hydrogen) atoms. The molecule has 0 aliphatic carbocycles. The summed E-state index contributed by atoms with van der Waals surface area (Å²) in [6, 6.07) is 9.82. The van der Waals surface area contributed by atoms with Gasteiger partial charge in [0.15, 0.2) is 0 Å². The first-order valence-electron chi connectivity index (χ1n) is 7.03. The van der Waals surface area contributed by atoms with Crippen LogP contribution in [0.15, 0.2) is 45.7 Å². The highest BCUT2D eigenvalue weighted by Gasteiger charge is 2.15. The molecule has 0 aliphatic rings. The third kappa shape index (κ3) is 2.94. The number of thiazole rings is 1. The molecule has 3 rings (SSSR count). The van der Waals surface area contributed by atoms with E-state index in [0.717, 1.165) is 15.8 Å². The van der Waals surface area contributed by atoms with Gasteiger partial charge in [0.2, 0.25) is 4.80 Å². The lowest BCUT2D eigenvalue weighted by atomic mass is 10.2. The van der Waals surface area contributed by atoms with Gasteiger partial charge in [0.25, 0.3) is 10.0 Å². The van der Waals surface area contributed by atoms with Crippen molar-refractivity contribution in [1.82, 2.24) is 4.57 Å². The van der Waals surface area contributed by atoms with Gasteiger partial charge >= 0.3 is 0 Å². The lowest BCUT2D eigenvalue weighted by molar-refractivity contribution is 0.414. The largest absolute Gasteiger partial charge is 0.497 e. The van der Waals surface area contributed by atoms with Crippen molar-refractivity contribution in [3.63, 3.8) is 0 Å². The van der Waals surface area contributed by atoms with Crippen LogP contribution in [0.3, 0.4) is 0 Å². The van der Waals surface area contributed by atoms with E-state index in [9.17, 15) is 8.42 Å². The molecule has 0 unspecified atom stereocenters. The molecule has 0 amide bonds. The number of benzene rings is 2. The van der Waals surface area contributed by atoms with Crippen LogP contribution in [-0.2, 0) is 17.1 Å². The number of hydrogen-bond donors (Lipinski definition) is 0. The van der Waals surface area contributed by atoms with Crippen LogP contribution in [0.5, 0.6) is 5.75 Å². The minimum Gasteiger partial charge on any atom is -0.497 e. The van der Waals surface area contributed by atoms with E-state index in [1.54, 1.807) is 29.8 Å². The first kappa shape index (κ1) is 17.0. The van der Waals surface area contributed by atoms with E-state index in [-0.39, 0.29) is 4.90 Å². The van der Waals surface area contributed by atoms with Crippen LogP contribution in [0.25, 0.3) is 10.2 Å². The fourth-order valence-corrected chi connectivity index (χ4v) is 4.85. The molecule has 1 aromatic heterocycles. The number of aromatic nitrogens is 1. The number of halogens is 1. The number of sulfonamides is 1. The summed E-state index contributed by atoms with van der Waals surface area (Å²) in [6.45, 7) is 1.90. The summed E-state index contributed by atoms with van der Waals surface area (Å²) < 4.78 is 36.8. The summed E-state index contributed by atoms with van der Waals surface area (Å²) >= 11 is 7.47. The second-order valence-electron chi connectivity index (χ2n) is 5.20. The quantitative estimate of drug-likeness (QED) is 0.696. The summed E-state index contributed by atoms with van der Waals surface area (Å²) in [6.07, 6.45) is 0.